The molecule has 0 fully saturated rings. The Bertz CT molecular complexity index is 594. The Balaban J connectivity index is 1.95. The van der Waals surface area contributed by atoms with Crippen LogP contribution < -0.4 is 11.1 Å². The molecule has 0 aliphatic heterocycles. The Kier molecular flexibility index (Phi) is 4.67. The smallest absolute Gasteiger partial charge is 0.251 e. The minimum Gasteiger partial charge on any atom is -0.346 e. The lowest BCUT2D eigenvalue weighted by Crippen LogP contribution is -2.22. The van der Waals surface area contributed by atoms with Crippen molar-refractivity contribution in [2.24, 2.45) is 5.73 Å². The fourth-order valence-electron chi connectivity index (χ4n) is 1.46. The lowest BCUT2D eigenvalue weighted by atomic mass is 10.1. The van der Waals surface area contributed by atoms with Crippen LogP contribution in [0.2, 0.25) is 0 Å². The maximum Gasteiger partial charge on any atom is 0.251 e. The Morgan fingerprint density at radius 3 is 2.79 bits per heavy atom. The Morgan fingerprint density at radius 1 is 1.37 bits per heavy atom. The molecule has 2 rings (SSSR count). The van der Waals surface area contributed by atoms with E-state index in [4.69, 9.17) is 5.73 Å². The summed E-state index contributed by atoms with van der Waals surface area (Å²) in [5, 5.41) is 4.72. The van der Waals surface area contributed by atoms with Crippen molar-refractivity contribution in [3.05, 3.63) is 52.0 Å². The van der Waals surface area contributed by atoms with E-state index in [1.807, 2.05) is 5.38 Å². The van der Waals surface area contributed by atoms with Crippen LogP contribution in [-0.4, -0.2) is 17.4 Å². The highest BCUT2D eigenvalue weighted by molar-refractivity contribution is 7.07. The fraction of sp³-hybridized carbons (Fsp3) is 0.143. The van der Waals surface area contributed by atoms with E-state index in [1.54, 1.807) is 29.8 Å². The highest BCUT2D eigenvalue weighted by atomic mass is 32.1. The van der Waals surface area contributed by atoms with Crippen LogP contribution in [0.4, 0.5) is 0 Å². The second kappa shape index (κ2) is 6.69. The molecule has 0 saturated heterocycles. The first-order chi connectivity index (χ1) is 9.29. The summed E-state index contributed by atoms with van der Waals surface area (Å²) in [4.78, 5) is 16.0. The van der Waals surface area contributed by atoms with Crippen molar-refractivity contribution in [3.63, 3.8) is 0 Å². The van der Waals surface area contributed by atoms with Crippen molar-refractivity contribution >= 4 is 17.2 Å². The molecule has 0 aliphatic rings. The van der Waals surface area contributed by atoms with Crippen molar-refractivity contribution in [2.45, 2.75) is 6.54 Å². The summed E-state index contributed by atoms with van der Waals surface area (Å²) in [6.07, 6.45) is 0. The molecule has 4 nitrogen and oxygen atoms in total. The summed E-state index contributed by atoms with van der Waals surface area (Å²) in [6.45, 7) is 0.771. The third-order valence-corrected chi connectivity index (χ3v) is 3.03. The summed E-state index contributed by atoms with van der Waals surface area (Å²) in [6, 6.07) is 7.11. The third-order valence-electron chi connectivity index (χ3n) is 2.40. The number of carbonyl (C=O) groups excluding carboxylic acids is 1. The number of amides is 1. The van der Waals surface area contributed by atoms with Gasteiger partial charge in [0.2, 0.25) is 0 Å². The normalized spacial score (nSPS) is 9.53. The minimum atomic E-state index is -0.119. The summed E-state index contributed by atoms with van der Waals surface area (Å²) in [5.74, 6) is 5.56. The SMILES string of the molecule is NCC#Cc1ccc(C(=O)NCc2cscn2)cc1. The topological polar surface area (TPSA) is 68.0 Å². The summed E-state index contributed by atoms with van der Waals surface area (Å²) in [7, 11) is 0. The zero-order valence-corrected chi connectivity index (χ0v) is 11.0. The first-order valence-electron chi connectivity index (χ1n) is 5.74. The van der Waals surface area contributed by atoms with Crippen molar-refractivity contribution in [2.75, 3.05) is 6.54 Å². The number of aromatic nitrogens is 1. The largest absolute Gasteiger partial charge is 0.346 e. The minimum absolute atomic E-state index is 0.119. The highest BCUT2D eigenvalue weighted by Gasteiger charge is 2.05. The second-order valence-corrected chi connectivity index (χ2v) is 4.46. The molecule has 0 aliphatic carbocycles. The zero-order chi connectivity index (χ0) is 13.5. The van der Waals surface area contributed by atoms with Crippen LogP contribution in [0.1, 0.15) is 21.6 Å². The van der Waals surface area contributed by atoms with Crippen molar-refractivity contribution in [1.29, 1.82) is 0 Å². The van der Waals surface area contributed by atoms with E-state index in [2.05, 4.69) is 22.1 Å². The summed E-state index contributed by atoms with van der Waals surface area (Å²) in [5.41, 5.74) is 9.36. The molecule has 1 heterocycles. The van der Waals surface area contributed by atoms with Crippen LogP contribution in [0.3, 0.4) is 0 Å². The van der Waals surface area contributed by atoms with Gasteiger partial charge in [-0.2, -0.15) is 0 Å². The quantitative estimate of drug-likeness (QED) is 0.829. The number of hydrogen-bond donors (Lipinski definition) is 2. The lowest BCUT2D eigenvalue weighted by molar-refractivity contribution is 0.0950. The Labute approximate surface area is 115 Å². The molecule has 2 aromatic rings. The monoisotopic (exact) mass is 271 g/mol. The third kappa shape index (κ3) is 3.91. The molecular formula is C14H13N3OS. The van der Waals surface area contributed by atoms with Gasteiger partial charge in [-0.25, -0.2) is 4.98 Å². The molecule has 1 amide bonds. The van der Waals surface area contributed by atoms with Crippen LogP contribution in [0.15, 0.2) is 35.2 Å². The maximum absolute atomic E-state index is 11.9. The molecule has 0 atom stereocenters. The molecule has 1 aromatic carbocycles. The molecule has 5 heteroatoms. The highest BCUT2D eigenvalue weighted by Crippen LogP contribution is 2.05. The molecule has 0 saturated carbocycles. The molecule has 0 unspecified atom stereocenters. The molecule has 0 bridgehead atoms. The van der Waals surface area contributed by atoms with Crippen LogP contribution in [0, 0.1) is 11.8 Å². The standard InChI is InChI=1S/C14H13N3OS/c15-7-1-2-11-3-5-12(6-4-11)14(18)16-8-13-9-19-10-17-13/h3-6,9-10H,7-8,15H2,(H,16,18). The van der Waals surface area contributed by atoms with Gasteiger partial charge in [0.15, 0.2) is 0 Å². The van der Waals surface area contributed by atoms with E-state index in [0.717, 1.165) is 11.3 Å². The number of hydrogen-bond acceptors (Lipinski definition) is 4. The molecule has 1 aromatic heterocycles. The van der Waals surface area contributed by atoms with Gasteiger partial charge < -0.3 is 11.1 Å². The average Bonchev–Trinajstić information content (AvgIpc) is 2.96. The van der Waals surface area contributed by atoms with E-state index >= 15 is 0 Å². The van der Waals surface area contributed by atoms with E-state index in [-0.39, 0.29) is 5.91 Å². The first kappa shape index (κ1) is 13.3. The van der Waals surface area contributed by atoms with E-state index in [0.29, 0.717) is 18.7 Å². The Morgan fingerprint density at radius 2 is 2.16 bits per heavy atom. The van der Waals surface area contributed by atoms with Crippen LogP contribution in [0.25, 0.3) is 0 Å². The maximum atomic E-state index is 11.9. The zero-order valence-electron chi connectivity index (χ0n) is 10.2. The van der Waals surface area contributed by atoms with Crippen LogP contribution in [0.5, 0.6) is 0 Å². The first-order valence-corrected chi connectivity index (χ1v) is 6.68. The van der Waals surface area contributed by atoms with Gasteiger partial charge in [-0.15, -0.1) is 11.3 Å². The van der Waals surface area contributed by atoms with E-state index in [1.165, 1.54) is 11.3 Å². The predicted molar refractivity (Wildman–Crippen MR) is 75.7 cm³/mol. The number of nitrogens with one attached hydrogen (secondary N) is 1. The Hall–Kier alpha value is -2.16. The predicted octanol–water partition coefficient (Wildman–Crippen LogP) is 1.38. The van der Waals surface area contributed by atoms with Gasteiger partial charge in [-0.05, 0) is 24.3 Å². The number of rotatable bonds is 3. The molecule has 0 radical (unpaired) electrons. The molecule has 96 valence electrons. The van der Waals surface area contributed by atoms with Crippen molar-refractivity contribution in [3.8, 4) is 11.8 Å². The van der Waals surface area contributed by atoms with Gasteiger partial charge >= 0.3 is 0 Å². The fourth-order valence-corrected chi connectivity index (χ4v) is 2.01. The number of thiazole rings is 1. The van der Waals surface area contributed by atoms with E-state index < -0.39 is 0 Å². The summed E-state index contributed by atoms with van der Waals surface area (Å²) < 4.78 is 0. The lowest BCUT2D eigenvalue weighted by Gasteiger charge is -2.03. The van der Waals surface area contributed by atoms with Crippen LogP contribution in [-0.2, 0) is 6.54 Å². The van der Waals surface area contributed by atoms with Gasteiger partial charge in [0.25, 0.3) is 5.91 Å². The number of nitrogens with two attached hydrogens (primary N) is 1. The molecule has 0 spiro atoms. The number of carbonyl (C=O) groups is 1. The number of nitrogens with zero attached hydrogens (tertiary/aromatic N) is 1. The average molecular weight is 271 g/mol. The van der Waals surface area contributed by atoms with Crippen molar-refractivity contribution in [1.82, 2.24) is 10.3 Å². The van der Waals surface area contributed by atoms with E-state index in [9.17, 15) is 4.79 Å². The van der Waals surface area contributed by atoms with Crippen LogP contribution >= 0.6 is 11.3 Å². The summed E-state index contributed by atoms with van der Waals surface area (Å²) >= 11 is 1.51. The number of benzene rings is 1. The molecular weight excluding hydrogens is 258 g/mol. The second-order valence-electron chi connectivity index (χ2n) is 3.75. The van der Waals surface area contributed by atoms with Gasteiger partial charge in [-0.1, -0.05) is 11.8 Å². The van der Waals surface area contributed by atoms with Crippen molar-refractivity contribution < 1.29 is 4.79 Å². The molecule has 19 heavy (non-hydrogen) atoms. The van der Waals surface area contributed by atoms with Gasteiger partial charge in [-0.3, -0.25) is 4.79 Å². The van der Waals surface area contributed by atoms with Gasteiger partial charge in [0.1, 0.15) is 0 Å². The molecule has 3 N–H and O–H groups in total. The van der Waals surface area contributed by atoms with Gasteiger partial charge in [0.05, 0.1) is 24.3 Å². The van der Waals surface area contributed by atoms with Gasteiger partial charge in [0, 0.05) is 16.5 Å².